The van der Waals surface area contributed by atoms with Crippen LogP contribution in [0.3, 0.4) is 0 Å². The second-order valence-electron chi connectivity index (χ2n) is 6.81. The molecule has 0 aliphatic heterocycles. The fourth-order valence-corrected chi connectivity index (χ4v) is 3.19. The molecule has 0 heterocycles. The molecule has 0 aliphatic carbocycles. The SMILES string of the molecule is COc1cc(C=NNC(=O)Cc2ccccc2[N+](=O)[O-])cc(Cl)c1OCc1ccc(F)cc1. The van der Waals surface area contributed by atoms with E-state index in [2.05, 4.69) is 10.5 Å². The molecular weight excluding hydrogens is 453 g/mol. The van der Waals surface area contributed by atoms with Gasteiger partial charge in [0.05, 0.1) is 29.7 Å². The van der Waals surface area contributed by atoms with E-state index in [4.69, 9.17) is 21.1 Å². The van der Waals surface area contributed by atoms with Gasteiger partial charge >= 0.3 is 0 Å². The number of para-hydroxylation sites is 1. The molecule has 3 rings (SSSR count). The molecule has 1 N–H and O–H groups in total. The van der Waals surface area contributed by atoms with Crippen LogP contribution in [0, 0.1) is 15.9 Å². The fraction of sp³-hybridized carbons (Fsp3) is 0.130. The number of hydrogen-bond acceptors (Lipinski definition) is 6. The first-order chi connectivity index (χ1) is 15.9. The lowest BCUT2D eigenvalue weighted by Gasteiger charge is -2.13. The molecule has 0 spiro atoms. The van der Waals surface area contributed by atoms with Crippen molar-refractivity contribution in [1.82, 2.24) is 5.43 Å². The van der Waals surface area contributed by atoms with Gasteiger partial charge in [-0.05, 0) is 35.4 Å². The van der Waals surface area contributed by atoms with Crippen molar-refractivity contribution in [2.75, 3.05) is 7.11 Å². The van der Waals surface area contributed by atoms with E-state index in [1.807, 2.05) is 0 Å². The maximum Gasteiger partial charge on any atom is 0.273 e. The van der Waals surface area contributed by atoms with Crippen LogP contribution < -0.4 is 14.9 Å². The molecule has 0 aromatic heterocycles. The van der Waals surface area contributed by atoms with Gasteiger partial charge < -0.3 is 9.47 Å². The quantitative estimate of drug-likeness (QED) is 0.277. The van der Waals surface area contributed by atoms with Gasteiger partial charge in [-0.15, -0.1) is 0 Å². The summed E-state index contributed by atoms with van der Waals surface area (Å²) in [6.45, 7) is 0.158. The van der Waals surface area contributed by atoms with Crippen molar-refractivity contribution in [3.05, 3.63) is 98.3 Å². The number of nitro benzene ring substituents is 1. The first-order valence-corrected chi connectivity index (χ1v) is 10.0. The highest BCUT2D eigenvalue weighted by Crippen LogP contribution is 2.36. The van der Waals surface area contributed by atoms with Crippen LogP contribution in [-0.2, 0) is 17.8 Å². The van der Waals surface area contributed by atoms with Gasteiger partial charge in [-0.2, -0.15) is 5.10 Å². The van der Waals surface area contributed by atoms with Crippen LogP contribution in [0.25, 0.3) is 0 Å². The Balaban J connectivity index is 1.65. The molecule has 33 heavy (non-hydrogen) atoms. The van der Waals surface area contributed by atoms with Crippen molar-refractivity contribution in [2.45, 2.75) is 13.0 Å². The summed E-state index contributed by atoms with van der Waals surface area (Å²) in [6.07, 6.45) is 1.16. The van der Waals surface area contributed by atoms with Crippen molar-refractivity contribution in [3.63, 3.8) is 0 Å². The zero-order valence-electron chi connectivity index (χ0n) is 17.5. The zero-order chi connectivity index (χ0) is 23.8. The number of ether oxygens (including phenoxy) is 2. The molecule has 1 amide bonds. The zero-order valence-corrected chi connectivity index (χ0v) is 18.2. The maximum atomic E-state index is 13.0. The second-order valence-corrected chi connectivity index (χ2v) is 7.21. The summed E-state index contributed by atoms with van der Waals surface area (Å²) >= 11 is 6.32. The molecule has 8 nitrogen and oxygen atoms in total. The number of nitrogens with one attached hydrogen (secondary N) is 1. The van der Waals surface area contributed by atoms with E-state index in [1.54, 1.807) is 30.3 Å². The smallest absolute Gasteiger partial charge is 0.273 e. The van der Waals surface area contributed by atoms with Crippen LogP contribution in [-0.4, -0.2) is 24.2 Å². The van der Waals surface area contributed by atoms with Crippen molar-refractivity contribution in [1.29, 1.82) is 0 Å². The summed E-state index contributed by atoms with van der Waals surface area (Å²) in [5, 5.41) is 15.2. The van der Waals surface area contributed by atoms with E-state index in [0.717, 1.165) is 5.56 Å². The number of halogens is 2. The van der Waals surface area contributed by atoms with Crippen LogP contribution in [0.4, 0.5) is 10.1 Å². The third-order valence-corrected chi connectivity index (χ3v) is 4.77. The van der Waals surface area contributed by atoms with Gasteiger partial charge in [0, 0.05) is 11.6 Å². The molecule has 3 aromatic rings. The molecule has 0 bridgehead atoms. The second kappa shape index (κ2) is 11.1. The van der Waals surface area contributed by atoms with E-state index >= 15 is 0 Å². The van der Waals surface area contributed by atoms with Crippen LogP contribution in [0.5, 0.6) is 11.5 Å². The van der Waals surface area contributed by atoms with Gasteiger partial charge in [-0.3, -0.25) is 14.9 Å². The van der Waals surface area contributed by atoms with Crippen LogP contribution in [0.2, 0.25) is 5.02 Å². The lowest BCUT2D eigenvalue weighted by molar-refractivity contribution is -0.385. The first kappa shape index (κ1) is 23.7. The number of carbonyl (C=O) groups is 1. The number of nitro groups is 1. The Bertz CT molecular complexity index is 1190. The molecule has 170 valence electrons. The Labute approximate surface area is 193 Å². The van der Waals surface area contributed by atoms with Gasteiger partial charge in [-0.25, -0.2) is 9.82 Å². The Morgan fingerprint density at radius 1 is 1.21 bits per heavy atom. The van der Waals surface area contributed by atoms with E-state index in [-0.39, 0.29) is 35.1 Å². The molecule has 0 saturated carbocycles. The number of benzene rings is 3. The third-order valence-electron chi connectivity index (χ3n) is 4.49. The molecule has 0 fully saturated rings. The maximum absolute atomic E-state index is 13.0. The van der Waals surface area contributed by atoms with Gasteiger partial charge in [-0.1, -0.05) is 41.9 Å². The topological polar surface area (TPSA) is 103 Å². The molecule has 10 heteroatoms. The lowest BCUT2D eigenvalue weighted by Crippen LogP contribution is -2.20. The number of methoxy groups -OCH3 is 1. The number of nitrogens with zero attached hydrogens (tertiary/aromatic N) is 2. The predicted molar refractivity (Wildman–Crippen MR) is 121 cm³/mol. The summed E-state index contributed by atoms with van der Waals surface area (Å²) < 4.78 is 24.1. The average molecular weight is 472 g/mol. The number of rotatable bonds is 9. The van der Waals surface area contributed by atoms with Gasteiger partial charge in [0.15, 0.2) is 11.5 Å². The number of carbonyl (C=O) groups excluding carboxylic acids is 1. The molecule has 0 saturated heterocycles. The minimum atomic E-state index is -0.542. The summed E-state index contributed by atoms with van der Waals surface area (Å²) in [6, 6.07) is 15.0. The standard InChI is InChI=1S/C23H19ClFN3O5/c1-32-21-11-16(10-19(24)23(21)33-14-15-6-8-18(25)9-7-15)13-26-27-22(29)12-17-4-2-3-5-20(17)28(30)31/h2-11,13H,12,14H2,1H3,(H,27,29). The summed E-state index contributed by atoms with van der Waals surface area (Å²) in [5.74, 6) is -0.205. The normalized spacial score (nSPS) is 10.8. The Morgan fingerprint density at radius 3 is 2.64 bits per heavy atom. The Hall–Kier alpha value is -3.98. The van der Waals surface area contributed by atoms with E-state index in [0.29, 0.717) is 17.1 Å². The van der Waals surface area contributed by atoms with E-state index in [1.165, 1.54) is 43.7 Å². The molecule has 0 radical (unpaired) electrons. The number of hydrazone groups is 1. The minimum absolute atomic E-state index is 0.135. The first-order valence-electron chi connectivity index (χ1n) is 9.66. The Morgan fingerprint density at radius 2 is 1.94 bits per heavy atom. The molecule has 3 aromatic carbocycles. The highest BCUT2D eigenvalue weighted by atomic mass is 35.5. The summed E-state index contributed by atoms with van der Waals surface area (Å²) in [7, 11) is 1.45. The monoisotopic (exact) mass is 471 g/mol. The van der Waals surface area contributed by atoms with Gasteiger partial charge in [0.2, 0.25) is 5.91 Å². The highest BCUT2D eigenvalue weighted by Gasteiger charge is 2.15. The fourth-order valence-electron chi connectivity index (χ4n) is 2.92. The molecule has 0 unspecified atom stereocenters. The summed E-state index contributed by atoms with van der Waals surface area (Å²) in [5.41, 5.74) is 3.75. The van der Waals surface area contributed by atoms with Crippen molar-refractivity contribution in [2.24, 2.45) is 5.10 Å². The van der Waals surface area contributed by atoms with Crippen LogP contribution >= 0.6 is 11.6 Å². The number of amides is 1. The molecular formula is C23H19ClFN3O5. The van der Waals surface area contributed by atoms with E-state index in [9.17, 15) is 19.3 Å². The van der Waals surface area contributed by atoms with Gasteiger partial charge in [0.1, 0.15) is 12.4 Å². The molecule has 0 aliphatic rings. The Kier molecular flexibility index (Phi) is 7.93. The molecule has 0 atom stereocenters. The average Bonchev–Trinajstić information content (AvgIpc) is 2.79. The van der Waals surface area contributed by atoms with Crippen LogP contribution in [0.1, 0.15) is 16.7 Å². The minimum Gasteiger partial charge on any atom is -0.493 e. The highest BCUT2D eigenvalue weighted by molar-refractivity contribution is 6.32. The van der Waals surface area contributed by atoms with Crippen LogP contribution in [0.15, 0.2) is 65.8 Å². The van der Waals surface area contributed by atoms with Crippen molar-refractivity contribution >= 4 is 29.4 Å². The largest absolute Gasteiger partial charge is 0.493 e. The van der Waals surface area contributed by atoms with Crippen molar-refractivity contribution < 1.29 is 23.6 Å². The van der Waals surface area contributed by atoms with E-state index < -0.39 is 10.8 Å². The lowest BCUT2D eigenvalue weighted by atomic mass is 10.1. The van der Waals surface area contributed by atoms with Crippen molar-refractivity contribution in [3.8, 4) is 11.5 Å². The number of hydrogen-bond donors (Lipinski definition) is 1. The predicted octanol–water partition coefficient (Wildman–Crippen LogP) is 4.67. The third kappa shape index (κ3) is 6.50. The summed E-state index contributed by atoms with van der Waals surface area (Å²) in [4.78, 5) is 22.6. The van der Waals surface area contributed by atoms with Gasteiger partial charge in [0.25, 0.3) is 5.69 Å².